The summed E-state index contributed by atoms with van der Waals surface area (Å²) in [5.41, 5.74) is 6.57. The first-order chi connectivity index (χ1) is 9.72. The Morgan fingerprint density at radius 2 is 1.75 bits per heavy atom. The maximum atomic E-state index is 5.94. The molecule has 0 aliphatic carbocycles. The first-order valence-electron chi connectivity index (χ1n) is 6.62. The maximum absolute atomic E-state index is 5.94. The molecule has 20 heavy (non-hydrogen) atoms. The van der Waals surface area contributed by atoms with Crippen molar-refractivity contribution < 1.29 is 9.47 Å². The fraction of sp³-hybridized carbons (Fsp3) is 0.250. The Kier molecular flexibility index (Phi) is 5.27. The molecule has 0 aliphatic rings. The third-order valence-electron chi connectivity index (χ3n) is 2.77. The Hall–Kier alpha value is -1.71. The summed E-state index contributed by atoms with van der Waals surface area (Å²) in [5, 5.41) is 0.654. The Balaban J connectivity index is 2.10. The summed E-state index contributed by atoms with van der Waals surface area (Å²) >= 11 is 5.94. The lowest BCUT2D eigenvalue weighted by atomic mass is 10.2. The van der Waals surface area contributed by atoms with Crippen LogP contribution in [0.5, 0.6) is 17.2 Å². The second-order valence-electron chi connectivity index (χ2n) is 4.38. The van der Waals surface area contributed by atoms with Crippen LogP contribution >= 0.6 is 11.6 Å². The molecule has 0 atom stereocenters. The first kappa shape index (κ1) is 14.7. The number of halogens is 1. The third kappa shape index (κ3) is 3.89. The van der Waals surface area contributed by atoms with Crippen molar-refractivity contribution in [1.29, 1.82) is 0 Å². The van der Waals surface area contributed by atoms with E-state index >= 15 is 0 Å². The van der Waals surface area contributed by atoms with Crippen LogP contribution < -0.4 is 15.2 Å². The molecule has 2 N–H and O–H groups in total. The van der Waals surface area contributed by atoms with Gasteiger partial charge in [-0.15, -0.1) is 0 Å². The molecule has 0 spiro atoms. The lowest BCUT2D eigenvalue weighted by Gasteiger charge is -2.11. The number of hydrogen-bond acceptors (Lipinski definition) is 3. The molecule has 0 bridgehead atoms. The molecule has 0 unspecified atom stereocenters. The van der Waals surface area contributed by atoms with Gasteiger partial charge in [-0.2, -0.15) is 0 Å². The highest BCUT2D eigenvalue weighted by molar-refractivity contribution is 6.30. The van der Waals surface area contributed by atoms with Crippen molar-refractivity contribution in [3.8, 4) is 17.2 Å². The second kappa shape index (κ2) is 7.17. The minimum atomic E-state index is 0.383. The topological polar surface area (TPSA) is 44.5 Å². The number of hydrogen-bond donors (Lipinski definition) is 1. The Morgan fingerprint density at radius 3 is 2.40 bits per heavy atom. The molecule has 2 rings (SSSR count). The van der Waals surface area contributed by atoms with Gasteiger partial charge in [-0.3, -0.25) is 0 Å². The van der Waals surface area contributed by atoms with E-state index in [1.165, 1.54) is 0 Å². The van der Waals surface area contributed by atoms with E-state index in [0.29, 0.717) is 18.2 Å². The van der Waals surface area contributed by atoms with Crippen LogP contribution in [0, 0.1) is 0 Å². The standard InChI is InChI=1S/C16H18ClNO2/c1-2-9-19-14-4-6-15(7-5-14)20-16-8-3-13(17)10-12(16)11-18/h3-8,10H,2,9,11,18H2,1H3. The van der Waals surface area contributed by atoms with Crippen molar-refractivity contribution in [2.24, 2.45) is 5.73 Å². The molecule has 0 aromatic heterocycles. The van der Waals surface area contributed by atoms with E-state index in [4.69, 9.17) is 26.8 Å². The molecule has 0 amide bonds. The van der Waals surface area contributed by atoms with E-state index in [-0.39, 0.29) is 0 Å². The van der Waals surface area contributed by atoms with Crippen molar-refractivity contribution >= 4 is 11.6 Å². The van der Waals surface area contributed by atoms with E-state index in [1.807, 2.05) is 36.4 Å². The van der Waals surface area contributed by atoms with Gasteiger partial charge in [0.05, 0.1) is 6.61 Å². The van der Waals surface area contributed by atoms with Crippen LogP contribution in [-0.2, 0) is 6.54 Å². The summed E-state index contributed by atoms with van der Waals surface area (Å²) in [4.78, 5) is 0. The van der Waals surface area contributed by atoms with Crippen LogP contribution in [0.4, 0.5) is 0 Å². The SMILES string of the molecule is CCCOc1ccc(Oc2ccc(Cl)cc2CN)cc1. The second-order valence-corrected chi connectivity index (χ2v) is 4.81. The molecule has 0 saturated carbocycles. The normalized spacial score (nSPS) is 10.3. The fourth-order valence-corrected chi connectivity index (χ4v) is 1.95. The Morgan fingerprint density at radius 1 is 1.05 bits per heavy atom. The minimum absolute atomic E-state index is 0.383. The average molecular weight is 292 g/mol. The summed E-state index contributed by atoms with van der Waals surface area (Å²) in [6, 6.07) is 13.0. The lowest BCUT2D eigenvalue weighted by Crippen LogP contribution is -1.99. The van der Waals surface area contributed by atoms with Gasteiger partial charge in [0.15, 0.2) is 0 Å². The predicted octanol–water partition coefficient (Wildman–Crippen LogP) is 4.38. The third-order valence-corrected chi connectivity index (χ3v) is 3.00. The van der Waals surface area contributed by atoms with Crippen molar-refractivity contribution in [1.82, 2.24) is 0 Å². The highest BCUT2D eigenvalue weighted by Crippen LogP contribution is 2.28. The molecule has 0 radical (unpaired) electrons. The number of nitrogens with two attached hydrogens (primary N) is 1. The van der Waals surface area contributed by atoms with Crippen LogP contribution in [0.25, 0.3) is 0 Å². The van der Waals surface area contributed by atoms with Crippen molar-refractivity contribution in [2.45, 2.75) is 19.9 Å². The summed E-state index contributed by atoms with van der Waals surface area (Å²) in [6.07, 6.45) is 0.989. The molecule has 4 heteroatoms. The molecular weight excluding hydrogens is 274 g/mol. The highest BCUT2D eigenvalue weighted by atomic mass is 35.5. The van der Waals surface area contributed by atoms with E-state index in [2.05, 4.69) is 6.92 Å². The molecular formula is C16H18ClNO2. The highest BCUT2D eigenvalue weighted by Gasteiger charge is 2.05. The first-order valence-corrected chi connectivity index (χ1v) is 7.00. The molecule has 0 heterocycles. The van der Waals surface area contributed by atoms with Gasteiger partial charge in [-0.05, 0) is 48.9 Å². The van der Waals surface area contributed by atoms with E-state index in [1.54, 1.807) is 6.07 Å². The number of ether oxygens (including phenoxy) is 2. The number of benzene rings is 2. The van der Waals surface area contributed by atoms with Gasteiger partial charge in [-0.25, -0.2) is 0 Å². The molecule has 2 aromatic rings. The van der Waals surface area contributed by atoms with Crippen LogP contribution in [0.1, 0.15) is 18.9 Å². The molecule has 0 fully saturated rings. The Labute approximate surface area is 124 Å². The average Bonchev–Trinajstić information content (AvgIpc) is 2.48. The summed E-state index contributed by atoms with van der Waals surface area (Å²) in [7, 11) is 0. The minimum Gasteiger partial charge on any atom is -0.494 e. The van der Waals surface area contributed by atoms with Gasteiger partial charge in [0.25, 0.3) is 0 Å². The largest absolute Gasteiger partial charge is 0.494 e. The van der Waals surface area contributed by atoms with Crippen LogP contribution in [0.2, 0.25) is 5.02 Å². The van der Waals surface area contributed by atoms with Crippen LogP contribution in [0.15, 0.2) is 42.5 Å². The Bertz CT molecular complexity index is 555. The molecule has 0 saturated heterocycles. The van der Waals surface area contributed by atoms with Gasteiger partial charge in [0.1, 0.15) is 17.2 Å². The van der Waals surface area contributed by atoms with Crippen LogP contribution in [-0.4, -0.2) is 6.61 Å². The van der Waals surface area contributed by atoms with Crippen molar-refractivity contribution in [3.05, 3.63) is 53.1 Å². The lowest BCUT2D eigenvalue weighted by molar-refractivity contribution is 0.317. The van der Waals surface area contributed by atoms with Gasteiger partial charge in [0.2, 0.25) is 0 Å². The monoisotopic (exact) mass is 291 g/mol. The molecule has 0 aliphatic heterocycles. The van der Waals surface area contributed by atoms with Gasteiger partial charge in [-0.1, -0.05) is 18.5 Å². The smallest absolute Gasteiger partial charge is 0.132 e. The quantitative estimate of drug-likeness (QED) is 0.859. The summed E-state index contributed by atoms with van der Waals surface area (Å²) in [6.45, 7) is 3.18. The molecule has 2 aromatic carbocycles. The predicted molar refractivity (Wildman–Crippen MR) is 81.6 cm³/mol. The van der Waals surface area contributed by atoms with Gasteiger partial charge >= 0.3 is 0 Å². The molecule has 3 nitrogen and oxygen atoms in total. The van der Waals surface area contributed by atoms with E-state index in [0.717, 1.165) is 29.2 Å². The van der Waals surface area contributed by atoms with Crippen LogP contribution in [0.3, 0.4) is 0 Å². The molecule has 106 valence electrons. The zero-order valence-corrected chi connectivity index (χ0v) is 12.2. The van der Waals surface area contributed by atoms with Crippen molar-refractivity contribution in [3.63, 3.8) is 0 Å². The van der Waals surface area contributed by atoms with Crippen molar-refractivity contribution in [2.75, 3.05) is 6.61 Å². The fourth-order valence-electron chi connectivity index (χ4n) is 1.76. The summed E-state index contributed by atoms with van der Waals surface area (Å²) in [5.74, 6) is 2.30. The van der Waals surface area contributed by atoms with E-state index < -0.39 is 0 Å². The maximum Gasteiger partial charge on any atom is 0.132 e. The summed E-state index contributed by atoms with van der Waals surface area (Å²) < 4.78 is 11.3. The zero-order chi connectivity index (χ0) is 14.4. The number of rotatable bonds is 6. The van der Waals surface area contributed by atoms with Gasteiger partial charge < -0.3 is 15.2 Å². The zero-order valence-electron chi connectivity index (χ0n) is 11.4. The van der Waals surface area contributed by atoms with Gasteiger partial charge in [0, 0.05) is 17.1 Å². The van der Waals surface area contributed by atoms with E-state index in [9.17, 15) is 0 Å².